The molecule has 1 fully saturated rings. The molecule has 1 saturated carbocycles. The molecule has 2 rings (SSSR count). The lowest BCUT2D eigenvalue weighted by Gasteiger charge is -2.29. The molecule has 0 heterocycles. The molecule has 160 valence electrons. The van der Waals surface area contributed by atoms with Crippen LogP contribution in [0.3, 0.4) is 0 Å². The maximum atomic E-state index is 6.19. The molecule has 0 radical (unpaired) electrons. The summed E-state index contributed by atoms with van der Waals surface area (Å²) in [6.07, 6.45) is 9.28. The number of aryl methyl sites for hydroxylation is 1. The van der Waals surface area contributed by atoms with Gasteiger partial charge in [-0.05, 0) is 89.3 Å². The minimum Gasteiger partial charge on any atom is -0.394 e. The summed E-state index contributed by atoms with van der Waals surface area (Å²) < 4.78 is 18.2. The van der Waals surface area contributed by atoms with Crippen LogP contribution < -0.4 is 0 Å². The van der Waals surface area contributed by atoms with Crippen molar-refractivity contribution in [3.8, 4) is 0 Å². The highest BCUT2D eigenvalue weighted by atomic mass is 28.3. The number of hydrogen-bond donors (Lipinski definition) is 0. The summed E-state index contributed by atoms with van der Waals surface area (Å²) >= 11 is 0. The van der Waals surface area contributed by atoms with Gasteiger partial charge in [-0.2, -0.15) is 0 Å². The fourth-order valence-corrected chi connectivity index (χ4v) is 6.13. The predicted octanol–water partition coefficient (Wildman–Crippen LogP) is 6.14. The van der Waals surface area contributed by atoms with Gasteiger partial charge in [0.15, 0.2) is 0 Å². The second-order valence-electron chi connectivity index (χ2n) is 8.78. The van der Waals surface area contributed by atoms with Crippen LogP contribution >= 0.6 is 0 Å². The van der Waals surface area contributed by atoms with Crippen molar-refractivity contribution in [1.29, 1.82) is 0 Å². The molecular formula is C24H42O3Si. The molecule has 1 aliphatic rings. The molecule has 1 aromatic rings. The second kappa shape index (κ2) is 12.8. The number of ether oxygens (including phenoxy) is 1. The van der Waals surface area contributed by atoms with Gasteiger partial charge in [0.05, 0.1) is 6.10 Å². The first-order valence-corrected chi connectivity index (χ1v) is 13.2. The number of benzene rings is 1. The van der Waals surface area contributed by atoms with Crippen LogP contribution in [0.4, 0.5) is 0 Å². The van der Waals surface area contributed by atoms with E-state index in [4.69, 9.17) is 13.6 Å². The van der Waals surface area contributed by atoms with E-state index in [-0.39, 0.29) is 12.2 Å². The normalized spacial score (nSPS) is 20.4. The third-order valence-electron chi connectivity index (χ3n) is 5.45. The van der Waals surface area contributed by atoms with E-state index in [9.17, 15) is 0 Å². The Morgan fingerprint density at radius 2 is 1.54 bits per heavy atom. The lowest BCUT2D eigenvalue weighted by atomic mass is 9.82. The predicted molar refractivity (Wildman–Crippen MR) is 120 cm³/mol. The minimum absolute atomic E-state index is 0.252. The van der Waals surface area contributed by atoms with Crippen molar-refractivity contribution in [3.05, 3.63) is 35.4 Å². The van der Waals surface area contributed by atoms with Crippen molar-refractivity contribution in [2.45, 2.75) is 110 Å². The average Bonchev–Trinajstić information content (AvgIpc) is 2.66. The maximum absolute atomic E-state index is 6.19. The van der Waals surface area contributed by atoms with Crippen molar-refractivity contribution in [3.63, 3.8) is 0 Å². The van der Waals surface area contributed by atoms with Gasteiger partial charge in [-0.1, -0.05) is 37.6 Å². The van der Waals surface area contributed by atoms with Crippen LogP contribution in [-0.4, -0.2) is 34.2 Å². The molecular weight excluding hydrogens is 364 g/mol. The van der Waals surface area contributed by atoms with E-state index in [1.54, 1.807) is 0 Å². The Hall–Kier alpha value is -0.683. The quantitative estimate of drug-likeness (QED) is 0.308. The molecule has 3 nitrogen and oxygen atoms in total. The highest BCUT2D eigenvalue weighted by Crippen LogP contribution is 2.34. The van der Waals surface area contributed by atoms with Crippen LogP contribution in [0.15, 0.2) is 24.3 Å². The van der Waals surface area contributed by atoms with Crippen LogP contribution in [0.2, 0.25) is 6.04 Å². The Kier molecular flexibility index (Phi) is 10.8. The van der Waals surface area contributed by atoms with E-state index in [2.05, 4.69) is 58.9 Å². The van der Waals surface area contributed by atoms with Crippen LogP contribution in [0.25, 0.3) is 0 Å². The standard InChI is InChI=1S/C24H42O3Si/c1-6-8-21-9-11-22(12-10-21)23-13-15-24(16-14-23)25-17-7-18-28(26-19(2)3)27-20(4)5/h9-12,19-20,23-24,28H,6-8,13-18H2,1-5H3. The lowest BCUT2D eigenvalue weighted by Crippen LogP contribution is -2.30. The summed E-state index contributed by atoms with van der Waals surface area (Å²) in [5.74, 6) is 0.714. The molecule has 4 heteroatoms. The molecule has 0 spiro atoms. The zero-order chi connectivity index (χ0) is 20.4. The van der Waals surface area contributed by atoms with Gasteiger partial charge < -0.3 is 13.6 Å². The van der Waals surface area contributed by atoms with Crippen molar-refractivity contribution in [1.82, 2.24) is 0 Å². The molecule has 0 bridgehead atoms. The average molecular weight is 407 g/mol. The Morgan fingerprint density at radius 1 is 0.929 bits per heavy atom. The zero-order valence-electron chi connectivity index (χ0n) is 18.8. The summed E-state index contributed by atoms with van der Waals surface area (Å²) in [7, 11) is -1.56. The van der Waals surface area contributed by atoms with Crippen LogP contribution in [0, 0.1) is 0 Å². The lowest BCUT2D eigenvalue weighted by molar-refractivity contribution is 0.0237. The second-order valence-corrected chi connectivity index (χ2v) is 10.8. The van der Waals surface area contributed by atoms with Gasteiger partial charge in [0.1, 0.15) is 0 Å². The topological polar surface area (TPSA) is 27.7 Å². The van der Waals surface area contributed by atoms with E-state index < -0.39 is 9.28 Å². The maximum Gasteiger partial charge on any atom is 0.321 e. The van der Waals surface area contributed by atoms with Crippen LogP contribution in [-0.2, 0) is 20.0 Å². The highest BCUT2D eigenvalue weighted by Gasteiger charge is 2.23. The third kappa shape index (κ3) is 8.77. The molecule has 0 N–H and O–H groups in total. The molecule has 1 aromatic carbocycles. The SMILES string of the molecule is CCCc1ccc(C2CCC(OCCC[SiH](OC(C)C)OC(C)C)CC2)cc1. The third-order valence-corrected chi connectivity index (χ3v) is 8.03. The fraction of sp³-hybridized carbons (Fsp3) is 0.750. The van der Waals surface area contributed by atoms with Gasteiger partial charge >= 0.3 is 9.28 Å². The van der Waals surface area contributed by atoms with E-state index >= 15 is 0 Å². The summed E-state index contributed by atoms with van der Waals surface area (Å²) in [4.78, 5) is 0. The molecule has 0 saturated heterocycles. The van der Waals surface area contributed by atoms with E-state index in [0.29, 0.717) is 12.0 Å². The molecule has 1 aliphatic carbocycles. The first-order valence-electron chi connectivity index (χ1n) is 11.5. The van der Waals surface area contributed by atoms with Crippen molar-refractivity contribution in [2.24, 2.45) is 0 Å². The van der Waals surface area contributed by atoms with E-state index in [1.165, 1.54) is 49.7 Å². The first kappa shape index (κ1) is 23.6. The van der Waals surface area contributed by atoms with Crippen LogP contribution in [0.5, 0.6) is 0 Å². The number of rotatable bonds is 12. The summed E-state index contributed by atoms with van der Waals surface area (Å²) in [6.45, 7) is 11.5. The summed E-state index contributed by atoms with van der Waals surface area (Å²) in [5.41, 5.74) is 2.98. The smallest absolute Gasteiger partial charge is 0.321 e. The van der Waals surface area contributed by atoms with Gasteiger partial charge in [-0.25, -0.2) is 0 Å². The molecule has 0 atom stereocenters. The van der Waals surface area contributed by atoms with Gasteiger partial charge in [-0.3, -0.25) is 0 Å². The molecule has 0 aromatic heterocycles. The van der Waals surface area contributed by atoms with Gasteiger partial charge in [0, 0.05) is 18.8 Å². The first-order chi connectivity index (χ1) is 13.5. The zero-order valence-corrected chi connectivity index (χ0v) is 19.9. The summed E-state index contributed by atoms with van der Waals surface area (Å²) in [6, 6.07) is 10.4. The van der Waals surface area contributed by atoms with Crippen molar-refractivity contribution in [2.75, 3.05) is 6.61 Å². The van der Waals surface area contributed by atoms with Crippen LogP contribution in [0.1, 0.15) is 90.2 Å². The van der Waals surface area contributed by atoms with Crippen molar-refractivity contribution < 1.29 is 13.6 Å². The fourth-order valence-electron chi connectivity index (χ4n) is 4.08. The Balaban J connectivity index is 1.65. The summed E-state index contributed by atoms with van der Waals surface area (Å²) in [5, 5.41) is 0. The molecule has 0 amide bonds. The Morgan fingerprint density at radius 3 is 2.07 bits per heavy atom. The largest absolute Gasteiger partial charge is 0.394 e. The van der Waals surface area contributed by atoms with Gasteiger partial charge in [0.2, 0.25) is 0 Å². The Labute approximate surface area is 175 Å². The monoisotopic (exact) mass is 406 g/mol. The Bertz CT molecular complexity index is 511. The molecule has 0 unspecified atom stereocenters. The highest BCUT2D eigenvalue weighted by molar-refractivity contribution is 6.44. The number of hydrogen-bond acceptors (Lipinski definition) is 3. The van der Waals surface area contributed by atoms with E-state index in [0.717, 1.165) is 19.1 Å². The minimum atomic E-state index is -1.56. The van der Waals surface area contributed by atoms with Gasteiger partial charge in [0.25, 0.3) is 0 Å². The van der Waals surface area contributed by atoms with Gasteiger partial charge in [-0.15, -0.1) is 0 Å². The van der Waals surface area contributed by atoms with Crippen molar-refractivity contribution >= 4 is 9.28 Å². The molecule has 0 aliphatic heterocycles. The van der Waals surface area contributed by atoms with E-state index in [1.807, 2.05) is 0 Å². The molecule has 28 heavy (non-hydrogen) atoms.